The number of allylic oxidation sites excluding steroid dienone is 1. The van der Waals surface area contributed by atoms with Crippen molar-refractivity contribution in [3.63, 3.8) is 0 Å². The first-order valence-corrected chi connectivity index (χ1v) is 8.49. The predicted octanol–water partition coefficient (Wildman–Crippen LogP) is 1.91. The number of aryl methyl sites for hydroxylation is 1. The fourth-order valence-corrected chi connectivity index (χ4v) is 2.90. The van der Waals surface area contributed by atoms with E-state index in [1.165, 1.54) is 5.57 Å². The van der Waals surface area contributed by atoms with Gasteiger partial charge in [-0.1, -0.05) is 11.6 Å². The molecule has 7 nitrogen and oxygen atoms in total. The van der Waals surface area contributed by atoms with Crippen LogP contribution < -0.4 is 5.32 Å². The van der Waals surface area contributed by atoms with Crippen LogP contribution in [0, 0.1) is 6.92 Å². The van der Waals surface area contributed by atoms with Gasteiger partial charge in [0.25, 0.3) is 5.91 Å². The van der Waals surface area contributed by atoms with Crippen LogP contribution in [0.1, 0.15) is 36.5 Å². The molecule has 7 heteroatoms. The number of rotatable bonds is 5. The van der Waals surface area contributed by atoms with Crippen LogP contribution in [0.4, 0.5) is 0 Å². The number of hydrogen-bond acceptors (Lipinski definition) is 5. The van der Waals surface area contributed by atoms with E-state index in [2.05, 4.69) is 15.3 Å². The zero-order chi connectivity index (χ0) is 17.8. The highest BCUT2D eigenvalue weighted by Gasteiger charge is 2.29. The van der Waals surface area contributed by atoms with Gasteiger partial charge in [-0.15, -0.1) is 0 Å². The molecule has 0 radical (unpaired) electrons. The van der Waals surface area contributed by atoms with Crippen molar-refractivity contribution in [1.29, 1.82) is 0 Å². The normalized spacial score (nSPS) is 20.4. The molecule has 0 saturated carbocycles. The van der Waals surface area contributed by atoms with Gasteiger partial charge in [0.15, 0.2) is 0 Å². The number of carbonyl (C=O) groups is 1. The minimum Gasteiger partial charge on any atom is -0.379 e. The van der Waals surface area contributed by atoms with Gasteiger partial charge in [-0.25, -0.2) is 9.97 Å². The summed E-state index contributed by atoms with van der Waals surface area (Å²) in [5, 5.41) is 3.04. The molecule has 1 fully saturated rings. The van der Waals surface area contributed by atoms with Crippen LogP contribution in [0.15, 0.2) is 30.1 Å². The number of amides is 1. The van der Waals surface area contributed by atoms with Crippen LogP contribution in [0.2, 0.25) is 0 Å². The Labute approximate surface area is 147 Å². The molecule has 3 rings (SSSR count). The van der Waals surface area contributed by atoms with Gasteiger partial charge in [-0.2, -0.15) is 0 Å². The summed E-state index contributed by atoms with van der Waals surface area (Å²) in [6, 6.07) is 1.59. The Morgan fingerprint density at radius 2 is 2.36 bits per heavy atom. The fourth-order valence-electron chi connectivity index (χ4n) is 2.90. The number of ether oxygens (including phenoxy) is 2. The van der Waals surface area contributed by atoms with Gasteiger partial charge < -0.3 is 14.8 Å². The van der Waals surface area contributed by atoms with Gasteiger partial charge in [0.05, 0.1) is 31.1 Å². The van der Waals surface area contributed by atoms with Crippen LogP contribution in [0.25, 0.3) is 5.78 Å². The lowest BCUT2D eigenvalue weighted by atomic mass is 10.1. The number of imidazole rings is 1. The maximum atomic E-state index is 12.8. The highest BCUT2D eigenvalue weighted by Crippen LogP contribution is 2.15. The summed E-state index contributed by atoms with van der Waals surface area (Å²) in [6.45, 7) is 7.51. The van der Waals surface area contributed by atoms with Gasteiger partial charge in [-0.3, -0.25) is 9.20 Å². The molecular weight excluding hydrogens is 320 g/mol. The Balaban J connectivity index is 1.73. The third-order valence-corrected chi connectivity index (χ3v) is 4.20. The number of hydrogen-bond donors (Lipinski definition) is 1. The van der Waals surface area contributed by atoms with Crippen LogP contribution >= 0.6 is 0 Å². The summed E-state index contributed by atoms with van der Waals surface area (Å²) in [7, 11) is 0. The zero-order valence-electron chi connectivity index (χ0n) is 14.9. The molecule has 134 valence electrons. The third-order valence-electron chi connectivity index (χ3n) is 4.20. The second-order valence-corrected chi connectivity index (χ2v) is 6.43. The summed E-state index contributed by atoms with van der Waals surface area (Å²) < 4.78 is 13.2. The number of nitrogens with zero attached hydrogens (tertiary/aromatic N) is 3. The molecule has 2 atom stereocenters. The zero-order valence-corrected chi connectivity index (χ0v) is 14.9. The SMILES string of the molecule is CC(C)=CCO[C@H]1CCOC[C@H]1NC(=O)c1c(C)nc2ncccn12. The molecular formula is C18H24N4O3. The maximum Gasteiger partial charge on any atom is 0.270 e. The lowest BCUT2D eigenvalue weighted by Gasteiger charge is -2.31. The minimum absolute atomic E-state index is 0.0640. The minimum atomic E-state index is -0.190. The smallest absolute Gasteiger partial charge is 0.270 e. The van der Waals surface area contributed by atoms with Gasteiger partial charge in [-0.05, 0) is 33.3 Å². The second kappa shape index (κ2) is 7.76. The van der Waals surface area contributed by atoms with E-state index in [0.29, 0.717) is 37.0 Å². The summed E-state index contributed by atoms with van der Waals surface area (Å²) in [5.74, 6) is 0.325. The predicted molar refractivity (Wildman–Crippen MR) is 93.6 cm³/mol. The standard InChI is InChI=1S/C18H24N4O3/c1-12(2)5-10-25-15-6-9-24-11-14(15)21-17(23)16-13(3)20-18-19-7-4-8-22(16)18/h4-5,7-8,14-15H,6,9-11H2,1-3H3,(H,21,23)/t14-,15+/m1/s1. The van der Waals surface area contributed by atoms with Crippen molar-refractivity contribution < 1.29 is 14.3 Å². The Bertz CT molecular complexity index is 780. The topological polar surface area (TPSA) is 77.8 Å². The maximum absolute atomic E-state index is 12.8. The fraction of sp³-hybridized carbons (Fsp3) is 0.500. The van der Waals surface area contributed by atoms with E-state index in [0.717, 1.165) is 6.42 Å². The Morgan fingerprint density at radius 3 is 3.16 bits per heavy atom. The summed E-state index contributed by atoms with van der Waals surface area (Å²) >= 11 is 0. The van der Waals surface area contributed by atoms with Crippen LogP contribution in [-0.4, -0.2) is 52.2 Å². The molecule has 25 heavy (non-hydrogen) atoms. The number of aromatic nitrogens is 3. The Hall–Kier alpha value is -2.25. The van der Waals surface area contributed by atoms with E-state index >= 15 is 0 Å². The molecule has 0 aliphatic carbocycles. The highest BCUT2D eigenvalue weighted by molar-refractivity contribution is 5.94. The van der Waals surface area contributed by atoms with Crippen molar-refractivity contribution in [3.05, 3.63) is 41.5 Å². The molecule has 0 spiro atoms. The van der Waals surface area contributed by atoms with Gasteiger partial charge in [0.1, 0.15) is 5.69 Å². The quantitative estimate of drug-likeness (QED) is 0.839. The monoisotopic (exact) mass is 344 g/mol. The molecule has 2 aromatic rings. The number of fused-ring (bicyclic) bond motifs is 1. The van der Waals surface area contributed by atoms with E-state index in [1.807, 2.05) is 26.8 Å². The van der Waals surface area contributed by atoms with Crippen LogP contribution in [0.5, 0.6) is 0 Å². The molecule has 2 aromatic heterocycles. The molecule has 0 unspecified atom stereocenters. The Kier molecular flexibility index (Phi) is 5.45. The van der Waals surface area contributed by atoms with Crippen molar-refractivity contribution in [1.82, 2.24) is 19.7 Å². The van der Waals surface area contributed by atoms with Crippen molar-refractivity contribution in [3.8, 4) is 0 Å². The molecule has 3 heterocycles. The van der Waals surface area contributed by atoms with Gasteiger partial charge >= 0.3 is 0 Å². The second-order valence-electron chi connectivity index (χ2n) is 6.43. The van der Waals surface area contributed by atoms with Gasteiger partial charge in [0, 0.05) is 19.0 Å². The first-order chi connectivity index (χ1) is 12.1. The van der Waals surface area contributed by atoms with E-state index in [1.54, 1.807) is 22.9 Å². The molecule has 1 aliphatic heterocycles. The molecule has 1 amide bonds. The van der Waals surface area contributed by atoms with E-state index < -0.39 is 0 Å². The first-order valence-electron chi connectivity index (χ1n) is 8.49. The first kappa shape index (κ1) is 17.6. The largest absolute Gasteiger partial charge is 0.379 e. The van der Waals surface area contributed by atoms with E-state index in [9.17, 15) is 4.79 Å². The summed E-state index contributed by atoms with van der Waals surface area (Å²) in [4.78, 5) is 21.3. The van der Waals surface area contributed by atoms with E-state index in [-0.39, 0.29) is 18.1 Å². The summed E-state index contributed by atoms with van der Waals surface area (Å²) in [6.07, 6.45) is 6.18. The van der Waals surface area contributed by atoms with Crippen molar-refractivity contribution >= 4 is 11.7 Å². The molecule has 0 aromatic carbocycles. The molecule has 1 saturated heterocycles. The van der Waals surface area contributed by atoms with Crippen molar-refractivity contribution in [2.24, 2.45) is 0 Å². The number of carbonyl (C=O) groups excluding carboxylic acids is 1. The Morgan fingerprint density at radius 1 is 1.52 bits per heavy atom. The van der Waals surface area contributed by atoms with Crippen LogP contribution in [0.3, 0.4) is 0 Å². The van der Waals surface area contributed by atoms with Crippen LogP contribution in [-0.2, 0) is 9.47 Å². The van der Waals surface area contributed by atoms with Crippen molar-refractivity contribution in [2.45, 2.75) is 39.3 Å². The third kappa shape index (κ3) is 4.05. The molecule has 0 bridgehead atoms. The highest BCUT2D eigenvalue weighted by atomic mass is 16.5. The van der Waals surface area contributed by atoms with E-state index in [4.69, 9.17) is 9.47 Å². The lowest BCUT2D eigenvalue weighted by Crippen LogP contribution is -2.50. The average molecular weight is 344 g/mol. The van der Waals surface area contributed by atoms with Crippen molar-refractivity contribution in [2.75, 3.05) is 19.8 Å². The summed E-state index contributed by atoms with van der Waals surface area (Å²) in [5.41, 5.74) is 2.35. The molecule has 1 aliphatic rings. The number of nitrogens with one attached hydrogen (secondary N) is 1. The molecule has 1 N–H and O–H groups in total. The van der Waals surface area contributed by atoms with Gasteiger partial charge in [0.2, 0.25) is 5.78 Å². The lowest BCUT2D eigenvalue weighted by molar-refractivity contribution is -0.0458. The average Bonchev–Trinajstić information content (AvgIpc) is 2.92.